The van der Waals surface area contributed by atoms with E-state index in [2.05, 4.69) is 19.1 Å². The zero-order valence-electron chi connectivity index (χ0n) is 10.1. The average Bonchev–Trinajstić information content (AvgIpc) is 2.26. The van der Waals surface area contributed by atoms with Crippen LogP contribution in [0.3, 0.4) is 0 Å². The topological polar surface area (TPSA) is 29.5 Å². The maximum Gasteiger partial charge on any atom is 0.0802 e. The Kier molecular flexibility index (Phi) is 9.96. The second-order valence-corrected chi connectivity index (χ2v) is 3.91. The Morgan fingerprint density at radius 2 is 1.87 bits per heavy atom. The molecule has 2 unspecified atom stereocenters. The third kappa shape index (κ3) is 8.64. The lowest BCUT2D eigenvalue weighted by Gasteiger charge is -2.16. The summed E-state index contributed by atoms with van der Waals surface area (Å²) in [6.45, 7) is 5.69. The zero-order chi connectivity index (χ0) is 11.5. The largest absolute Gasteiger partial charge is 0.390 e. The van der Waals surface area contributed by atoms with Crippen LogP contribution < -0.4 is 0 Å². The molecule has 1 N–H and O–H groups in total. The van der Waals surface area contributed by atoms with Crippen molar-refractivity contribution in [3.8, 4) is 0 Å². The van der Waals surface area contributed by atoms with Crippen LogP contribution in [0.5, 0.6) is 0 Å². The molecule has 0 aromatic heterocycles. The SMILES string of the molecule is [CH2]CCC/C=C/CCCC(O)C(C)OC. The summed E-state index contributed by atoms with van der Waals surface area (Å²) in [5, 5.41) is 9.60. The van der Waals surface area contributed by atoms with Gasteiger partial charge in [0.25, 0.3) is 0 Å². The Balaban J connectivity index is 3.33. The first-order chi connectivity index (χ1) is 7.22. The maximum absolute atomic E-state index is 9.60. The fourth-order valence-electron chi connectivity index (χ4n) is 1.33. The van der Waals surface area contributed by atoms with Gasteiger partial charge >= 0.3 is 0 Å². The van der Waals surface area contributed by atoms with E-state index in [1.54, 1.807) is 7.11 Å². The summed E-state index contributed by atoms with van der Waals surface area (Å²) >= 11 is 0. The van der Waals surface area contributed by atoms with Crippen molar-refractivity contribution in [1.82, 2.24) is 0 Å². The van der Waals surface area contributed by atoms with Crippen LogP contribution in [-0.2, 0) is 4.74 Å². The van der Waals surface area contributed by atoms with Crippen molar-refractivity contribution in [3.63, 3.8) is 0 Å². The van der Waals surface area contributed by atoms with Gasteiger partial charge in [0.2, 0.25) is 0 Å². The van der Waals surface area contributed by atoms with Gasteiger partial charge in [-0.2, -0.15) is 0 Å². The smallest absolute Gasteiger partial charge is 0.0802 e. The molecule has 0 fully saturated rings. The number of allylic oxidation sites excluding steroid dienone is 2. The van der Waals surface area contributed by atoms with Crippen molar-refractivity contribution in [2.75, 3.05) is 7.11 Å². The average molecular weight is 213 g/mol. The van der Waals surface area contributed by atoms with E-state index in [0.29, 0.717) is 0 Å². The van der Waals surface area contributed by atoms with Crippen LogP contribution in [0.1, 0.15) is 45.4 Å². The van der Waals surface area contributed by atoms with Crippen LogP contribution in [0.15, 0.2) is 12.2 Å². The number of hydrogen-bond acceptors (Lipinski definition) is 2. The van der Waals surface area contributed by atoms with E-state index in [9.17, 15) is 5.11 Å². The number of aliphatic hydroxyl groups excluding tert-OH is 1. The van der Waals surface area contributed by atoms with Crippen molar-refractivity contribution < 1.29 is 9.84 Å². The van der Waals surface area contributed by atoms with Crippen LogP contribution in [0.4, 0.5) is 0 Å². The van der Waals surface area contributed by atoms with E-state index in [1.807, 2.05) is 6.92 Å². The first-order valence-electron chi connectivity index (χ1n) is 5.87. The monoisotopic (exact) mass is 213 g/mol. The van der Waals surface area contributed by atoms with Crippen LogP contribution in [0.25, 0.3) is 0 Å². The molecule has 2 heteroatoms. The Morgan fingerprint density at radius 3 is 2.40 bits per heavy atom. The summed E-state index contributed by atoms with van der Waals surface area (Å²) in [5.74, 6) is 0. The Morgan fingerprint density at radius 1 is 1.27 bits per heavy atom. The molecule has 1 radical (unpaired) electrons. The normalized spacial score (nSPS) is 15.7. The summed E-state index contributed by atoms with van der Waals surface area (Å²) < 4.78 is 5.05. The minimum absolute atomic E-state index is 0.0554. The minimum atomic E-state index is -0.330. The number of aliphatic hydroxyl groups is 1. The van der Waals surface area contributed by atoms with Gasteiger partial charge in [-0.1, -0.05) is 25.5 Å². The van der Waals surface area contributed by atoms with E-state index in [1.165, 1.54) is 6.42 Å². The molecule has 0 spiro atoms. The predicted octanol–water partition coefficient (Wildman–Crippen LogP) is 3.11. The summed E-state index contributed by atoms with van der Waals surface area (Å²) in [6, 6.07) is 0. The second kappa shape index (κ2) is 10.2. The van der Waals surface area contributed by atoms with Gasteiger partial charge in [-0.15, -0.1) is 0 Å². The van der Waals surface area contributed by atoms with Gasteiger partial charge in [-0.25, -0.2) is 0 Å². The maximum atomic E-state index is 9.60. The third-order valence-electron chi connectivity index (χ3n) is 2.57. The highest BCUT2D eigenvalue weighted by molar-refractivity contribution is 4.82. The summed E-state index contributed by atoms with van der Waals surface area (Å²) in [5.41, 5.74) is 0. The zero-order valence-corrected chi connectivity index (χ0v) is 10.1. The van der Waals surface area contributed by atoms with Crippen LogP contribution in [0, 0.1) is 6.92 Å². The van der Waals surface area contributed by atoms with Gasteiger partial charge < -0.3 is 9.84 Å². The molecule has 0 aliphatic carbocycles. The van der Waals surface area contributed by atoms with E-state index in [-0.39, 0.29) is 12.2 Å². The lowest BCUT2D eigenvalue weighted by atomic mass is 10.1. The van der Waals surface area contributed by atoms with Crippen molar-refractivity contribution >= 4 is 0 Å². The highest BCUT2D eigenvalue weighted by Crippen LogP contribution is 2.08. The summed E-state index contributed by atoms with van der Waals surface area (Å²) in [6.07, 6.45) is 10.2. The molecule has 0 aromatic carbocycles. The Hall–Kier alpha value is -0.340. The van der Waals surface area contributed by atoms with Crippen molar-refractivity contribution in [2.45, 2.75) is 57.7 Å². The van der Waals surface area contributed by atoms with Gasteiger partial charge in [0.15, 0.2) is 0 Å². The quantitative estimate of drug-likeness (QED) is 0.471. The van der Waals surface area contributed by atoms with E-state index in [0.717, 1.165) is 32.1 Å². The molecular formula is C13H25O2. The molecular weight excluding hydrogens is 188 g/mol. The van der Waals surface area contributed by atoms with Crippen molar-refractivity contribution in [1.29, 1.82) is 0 Å². The van der Waals surface area contributed by atoms with Crippen LogP contribution in [-0.4, -0.2) is 24.4 Å². The Bertz CT molecular complexity index is 155. The summed E-state index contributed by atoms with van der Waals surface area (Å²) in [4.78, 5) is 0. The molecule has 15 heavy (non-hydrogen) atoms. The van der Waals surface area contributed by atoms with Crippen LogP contribution in [0.2, 0.25) is 0 Å². The van der Waals surface area contributed by atoms with Gasteiger partial charge in [-0.05, 0) is 39.0 Å². The van der Waals surface area contributed by atoms with Crippen molar-refractivity contribution in [2.24, 2.45) is 0 Å². The lowest BCUT2D eigenvalue weighted by molar-refractivity contribution is -0.00490. The molecule has 0 amide bonds. The molecule has 0 bridgehead atoms. The van der Waals surface area contributed by atoms with Gasteiger partial charge in [0.1, 0.15) is 0 Å². The standard InChI is InChI=1S/C13H25O2/c1-4-5-6-7-8-9-10-11-13(14)12(2)15-3/h7-8,12-14H,1,4-6,9-11H2,2-3H3/b8-7+. The van der Waals surface area contributed by atoms with Gasteiger partial charge in [0, 0.05) is 7.11 Å². The molecule has 2 nitrogen and oxygen atoms in total. The van der Waals surface area contributed by atoms with E-state index >= 15 is 0 Å². The number of unbranched alkanes of at least 4 members (excludes halogenated alkanes) is 3. The fourth-order valence-corrected chi connectivity index (χ4v) is 1.33. The van der Waals surface area contributed by atoms with Gasteiger partial charge in [0.05, 0.1) is 12.2 Å². The Labute approximate surface area is 94.3 Å². The molecule has 0 saturated carbocycles. The van der Waals surface area contributed by atoms with E-state index < -0.39 is 0 Å². The number of hydrogen-bond donors (Lipinski definition) is 1. The number of ether oxygens (including phenoxy) is 1. The molecule has 0 heterocycles. The van der Waals surface area contributed by atoms with E-state index in [4.69, 9.17) is 4.74 Å². The number of methoxy groups -OCH3 is 1. The number of rotatable bonds is 9. The van der Waals surface area contributed by atoms with Crippen molar-refractivity contribution in [3.05, 3.63) is 19.1 Å². The molecule has 0 saturated heterocycles. The molecule has 0 rings (SSSR count). The minimum Gasteiger partial charge on any atom is -0.390 e. The lowest BCUT2D eigenvalue weighted by Crippen LogP contribution is -2.24. The molecule has 0 aromatic rings. The highest BCUT2D eigenvalue weighted by atomic mass is 16.5. The molecule has 89 valence electrons. The third-order valence-corrected chi connectivity index (χ3v) is 2.57. The van der Waals surface area contributed by atoms with Gasteiger partial charge in [-0.3, -0.25) is 0 Å². The molecule has 0 aliphatic rings. The fraction of sp³-hybridized carbons (Fsp3) is 0.769. The highest BCUT2D eigenvalue weighted by Gasteiger charge is 2.11. The second-order valence-electron chi connectivity index (χ2n) is 3.91. The van der Waals surface area contributed by atoms with Crippen LogP contribution >= 0.6 is 0 Å². The molecule has 0 aliphatic heterocycles. The summed E-state index contributed by atoms with van der Waals surface area (Å²) in [7, 11) is 1.63. The first kappa shape index (κ1) is 14.7. The first-order valence-corrected chi connectivity index (χ1v) is 5.87. The predicted molar refractivity (Wildman–Crippen MR) is 64.7 cm³/mol. The molecule has 2 atom stereocenters.